The van der Waals surface area contributed by atoms with Crippen LogP contribution in [0.4, 0.5) is 0 Å². The van der Waals surface area contributed by atoms with Crippen molar-refractivity contribution in [3.63, 3.8) is 0 Å². The first-order chi connectivity index (χ1) is 14.8. The number of ether oxygens (including phenoxy) is 1. The van der Waals surface area contributed by atoms with Crippen LogP contribution in [0.15, 0.2) is 0 Å². The van der Waals surface area contributed by atoms with E-state index in [0.717, 1.165) is 44.4 Å². The Balaban J connectivity index is 2.26. The molecule has 180 valence electrons. The molecule has 0 spiro atoms. The number of carboxylic acid groups (broad SMARTS) is 2. The minimum absolute atomic E-state index is 0.133. The molecule has 0 amide bonds. The molecule has 1 aliphatic rings. The topological polar surface area (TPSA) is 101 Å². The highest BCUT2D eigenvalue weighted by molar-refractivity contribution is 5.69. The molecule has 2 N–H and O–H groups in total. The first kappa shape index (κ1) is 27.4. The monoisotopic (exact) mass is 440 g/mol. The molecule has 6 heteroatoms. The summed E-state index contributed by atoms with van der Waals surface area (Å²) in [5.41, 5.74) is 0. The second-order valence-electron chi connectivity index (χ2n) is 9.77. The molecular weight excluding hydrogens is 396 g/mol. The largest absolute Gasteiger partial charge is 0.481 e. The molecule has 1 aliphatic carbocycles. The van der Waals surface area contributed by atoms with Crippen molar-refractivity contribution in [2.45, 2.75) is 110 Å². The third kappa shape index (κ3) is 14.2. The molecule has 0 aromatic rings. The normalized spacial score (nSPS) is 21.2. The van der Waals surface area contributed by atoms with Gasteiger partial charge in [0.1, 0.15) is 0 Å². The Morgan fingerprint density at radius 3 is 2.10 bits per heavy atom. The Morgan fingerprint density at radius 1 is 0.806 bits per heavy atom. The number of carboxylic acids is 2. The lowest BCUT2D eigenvalue weighted by Crippen LogP contribution is -2.27. The molecule has 1 fully saturated rings. The minimum Gasteiger partial charge on any atom is -0.481 e. The van der Waals surface area contributed by atoms with Crippen molar-refractivity contribution in [3.05, 3.63) is 0 Å². The molecule has 0 aliphatic heterocycles. The fourth-order valence-corrected chi connectivity index (χ4v) is 4.80. The zero-order valence-electron chi connectivity index (χ0n) is 19.7. The Labute approximate surface area is 188 Å². The number of unbranched alkanes of at least 4 members (excludes halogenated alkanes) is 4. The Morgan fingerprint density at radius 2 is 1.42 bits per heavy atom. The molecule has 1 rings (SSSR count). The summed E-state index contributed by atoms with van der Waals surface area (Å²) < 4.78 is 5.40. The summed E-state index contributed by atoms with van der Waals surface area (Å²) in [7, 11) is 0. The van der Waals surface area contributed by atoms with Crippen molar-refractivity contribution in [1.29, 1.82) is 0 Å². The van der Waals surface area contributed by atoms with E-state index in [4.69, 9.17) is 14.9 Å². The van der Waals surface area contributed by atoms with E-state index < -0.39 is 11.9 Å². The van der Waals surface area contributed by atoms with Gasteiger partial charge in [-0.3, -0.25) is 14.4 Å². The molecule has 0 aromatic carbocycles. The van der Waals surface area contributed by atoms with E-state index in [0.29, 0.717) is 37.7 Å². The van der Waals surface area contributed by atoms with Gasteiger partial charge in [0.15, 0.2) is 0 Å². The Kier molecular flexibility index (Phi) is 14.3. The summed E-state index contributed by atoms with van der Waals surface area (Å²) in [6, 6.07) is 0. The molecule has 31 heavy (non-hydrogen) atoms. The predicted octanol–water partition coefficient (Wildman–Crippen LogP) is 6.07. The van der Waals surface area contributed by atoms with Gasteiger partial charge in [-0.15, -0.1) is 0 Å². The third-order valence-electron chi connectivity index (χ3n) is 6.65. The Hall–Kier alpha value is -1.59. The van der Waals surface area contributed by atoms with Gasteiger partial charge >= 0.3 is 17.9 Å². The van der Waals surface area contributed by atoms with Crippen molar-refractivity contribution in [2.24, 2.45) is 23.7 Å². The van der Waals surface area contributed by atoms with E-state index in [1.807, 2.05) is 0 Å². The van der Waals surface area contributed by atoms with E-state index in [1.165, 1.54) is 25.7 Å². The molecule has 1 saturated carbocycles. The highest BCUT2D eigenvalue weighted by Crippen LogP contribution is 2.40. The first-order valence-electron chi connectivity index (χ1n) is 12.4. The van der Waals surface area contributed by atoms with Gasteiger partial charge in [0.25, 0.3) is 0 Å². The van der Waals surface area contributed by atoms with E-state index in [1.54, 1.807) is 0 Å². The maximum Gasteiger partial charge on any atom is 0.305 e. The van der Waals surface area contributed by atoms with E-state index in [2.05, 4.69) is 13.8 Å². The van der Waals surface area contributed by atoms with Crippen molar-refractivity contribution in [3.8, 4) is 0 Å². The molecular formula is C25H44O6. The van der Waals surface area contributed by atoms with E-state index in [9.17, 15) is 14.4 Å². The van der Waals surface area contributed by atoms with Crippen LogP contribution in [0.5, 0.6) is 0 Å². The summed E-state index contributed by atoms with van der Waals surface area (Å²) in [4.78, 5) is 34.0. The number of esters is 1. The lowest BCUT2D eigenvalue weighted by atomic mass is 9.69. The zero-order valence-corrected chi connectivity index (χ0v) is 19.7. The van der Waals surface area contributed by atoms with Gasteiger partial charge in [-0.05, 0) is 62.2 Å². The number of hydrogen-bond donors (Lipinski definition) is 2. The van der Waals surface area contributed by atoms with Gasteiger partial charge < -0.3 is 14.9 Å². The van der Waals surface area contributed by atoms with Crippen molar-refractivity contribution in [2.75, 3.05) is 6.61 Å². The predicted molar refractivity (Wildman–Crippen MR) is 121 cm³/mol. The Bertz CT molecular complexity index is 530. The van der Waals surface area contributed by atoms with Gasteiger partial charge in [0, 0.05) is 19.3 Å². The molecule has 6 nitrogen and oxygen atoms in total. The molecule has 0 saturated heterocycles. The van der Waals surface area contributed by atoms with Crippen LogP contribution in [-0.4, -0.2) is 34.7 Å². The highest BCUT2D eigenvalue weighted by atomic mass is 16.5. The summed E-state index contributed by atoms with van der Waals surface area (Å²) in [6.45, 7) is 4.99. The van der Waals surface area contributed by atoms with Crippen LogP contribution in [0, 0.1) is 23.7 Å². The van der Waals surface area contributed by atoms with Crippen LogP contribution >= 0.6 is 0 Å². The van der Waals surface area contributed by atoms with Crippen molar-refractivity contribution >= 4 is 17.9 Å². The maximum atomic E-state index is 12.1. The van der Waals surface area contributed by atoms with E-state index >= 15 is 0 Å². The quantitative estimate of drug-likeness (QED) is 0.210. The van der Waals surface area contributed by atoms with Crippen LogP contribution < -0.4 is 0 Å². The van der Waals surface area contributed by atoms with Crippen LogP contribution in [0.2, 0.25) is 0 Å². The first-order valence-corrected chi connectivity index (χ1v) is 12.4. The summed E-state index contributed by atoms with van der Waals surface area (Å²) in [5.74, 6) is -0.0262. The number of carbonyl (C=O) groups is 3. The number of rotatable bonds is 17. The van der Waals surface area contributed by atoms with Crippen molar-refractivity contribution < 1.29 is 29.3 Å². The standard InChI is InChI=1S/C25H44O6/c1-19(2)8-6-4-3-5-7-17-31-25(30)16-13-21-11-9-20(10-14-23(26)27)18-22(21)12-15-24(28)29/h19-22H,3-18H2,1-2H3,(H,26,27)(H,28,29). The molecule has 0 aromatic heterocycles. The number of carbonyl (C=O) groups excluding carboxylic acids is 1. The fourth-order valence-electron chi connectivity index (χ4n) is 4.80. The molecule has 0 bridgehead atoms. The van der Waals surface area contributed by atoms with Gasteiger partial charge in [-0.1, -0.05) is 52.4 Å². The lowest BCUT2D eigenvalue weighted by molar-refractivity contribution is -0.144. The van der Waals surface area contributed by atoms with E-state index in [-0.39, 0.29) is 24.7 Å². The lowest BCUT2D eigenvalue weighted by Gasteiger charge is -2.36. The third-order valence-corrected chi connectivity index (χ3v) is 6.65. The SMILES string of the molecule is CC(C)CCCCCCCOC(=O)CCC1CCC(CCC(=O)O)CC1CCC(=O)O. The summed E-state index contributed by atoms with van der Waals surface area (Å²) in [6.07, 6.45) is 12.5. The molecule has 0 radical (unpaired) electrons. The van der Waals surface area contributed by atoms with Gasteiger partial charge in [-0.2, -0.15) is 0 Å². The number of hydrogen-bond acceptors (Lipinski definition) is 4. The second-order valence-corrected chi connectivity index (χ2v) is 9.77. The number of aliphatic carboxylic acids is 2. The minimum atomic E-state index is -0.796. The molecule has 0 heterocycles. The van der Waals surface area contributed by atoms with Gasteiger partial charge in [0.2, 0.25) is 0 Å². The maximum absolute atomic E-state index is 12.1. The fraction of sp³-hybridized carbons (Fsp3) is 0.880. The molecule has 3 atom stereocenters. The van der Waals surface area contributed by atoms with Gasteiger partial charge in [-0.25, -0.2) is 0 Å². The van der Waals surface area contributed by atoms with Crippen molar-refractivity contribution in [1.82, 2.24) is 0 Å². The average molecular weight is 441 g/mol. The van der Waals surface area contributed by atoms with Crippen LogP contribution in [-0.2, 0) is 19.1 Å². The second kappa shape index (κ2) is 16.1. The van der Waals surface area contributed by atoms with Gasteiger partial charge in [0.05, 0.1) is 6.61 Å². The highest BCUT2D eigenvalue weighted by Gasteiger charge is 2.31. The summed E-state index contributed by atoms with van der Waals surface area (Å²) in [5, 5.41) is 18.0. The van der Waals surface area contributed by atoms with Crippen LogP contribution in [0.1, 0.15) is 110 Å². The van der Waals surface area contributed by atoms with Crippen LogP contribution in [0.3, 0.4) is 0 Å². The zero-order chi connectivity index (χ0) is 23.1. The summed E-state index contributed by atoms with van der Waals surface area (Å²) >= 11 is 0. The molecule has 3 unspecified atom stereocenters. The van der Waals surface area contributed by atoms with Crippen LogP contribution in [0.25, 0.3) is 0 Å². The smallest absolute Gasteiger partial charge is 0.305 e. The average Bonchev–Trinajstić information content (AvgIpc) is 2.71.